The molecule has 1 saturated heterocycles. The van der Waals surface area contributed by atoms with Crippen molar-refractivity contribution in [2.24, 2.45) is 11.8 Å². The molecule has 0 bridgehead atoms. The Hall–Kier alpha value is -0.0800. The van der Waals surface area contributed by atoms with Crippen LogP contribution in [0.5, 0.6) is 0 Å². The summed E-state index contributed by atoms with van der Waals surface area (Å²) >= 11 is 0. The summed E-state index contributed by atoms with van der Waals surface area (Å²) in [5.41, 5.74) is 0. The molecule has 0 aromatic heterocycles. The van der Waals surface area contributed by atoms with Crippen LogP contribution in [-0.4, -0.2) is 26.3 Å². The Morgan fingerprint density at radius 1 is 1.33 bits per heavy atom. The SMILES string of the molecule is COCC1CCNC(C2CC2)C1. The molecule has 1 heterocycles. The van der Waals surface area contributed by atoms with Crippen molar-refractivity contribution in [3.05, 3.63) is 0 Å². The van der Waals surface area contributed by atoms with E-state index in [1.807, 2.05) is 7.11 Å². The van der Waals surface area contributed by atoms with Gasteiger partial charge in [-0.3, -0.25) is 0 Å². The summed E-state index contributed by atoms with van der Waals surface area (Å²) in [5, 5.41) is 3.61. The third kappa shape index (κ3) is 1.99. The Kier molecular flexibility index (Phi) is 2.66. The zero-order valence-electron chi connectivity index (χ0n) is 7.88. The van der Waals surface area contributed by atoms with Gasteiger partial charge in [-0.15, -0.1) is 0 Å². The van der Waals surface area contributed by atoms with Crippen LogP contribution in [0.3, 0.4) is 0 Å². The third-order valence-electron chi connectivity index (χ3n) is 3.14. The Labute approximate surface area is 74.7 Å². The van der Waals surface area contributed by atoms with Crippen LogP contribution in [0.25, 0.3) is 0 Å². The first-order chi connectivity index (χ1) is 5.90. The fraction of sp³-hybridized carbons (Fsp3) is 1.00. The van der Waals surface area contributed by atoms with E-state index in [-0.39, 0.29) is 0 Å². The molecule has 2 unspecified atom stereocenters. The molecule has 0 aromatic carbocycles. The van der Waals surface area contributed by atoms with Crippen LogP contribution >= 0.6 is 0 Å². The van der Waals surface area contributed by atoms with Gasteiger partial charge in [0.05, 0.1) is 0 Å². The highest BCUT2D eigenvalue weighted by molar-refractivity contribution is 4.90. The Balaban J connectivity index is 1.77. The second-order valence-corrected chi connectivity index (χ2v) is 4.24. The van der Waals surface area contributed by atoms with Gasteiger partial charge in [-0.25, -0.2) is 0 Å². The van der Waals surface area contributed by atoms with E-state index in [0.29, 0.717) is 0 Å². The van der Waals surface area contributed by atoms with E-state index in [0.717, 1.165) is 24.5 Å². The smallest absolute Gasteiger partial charge is 0.0491 e. The van der Waals surface area contributed by atoms with Crippen molar-refractivity contribution in [1.29, 1.82) is 0 Å². The Morgan fingerprint density at radius 3 is 2.83 bits per heavy atom. The van der Waals surface area contributed by atoms with E-state index in [4.69, 9.17) is 4.74 Å². The maximum Gasteiger partial charge on any atom is 0.0491 e. The van der Waals surface area contributed by atoms with E-state index in [2.05, 4.69) is 5.32 Å². The summed E-state index contributed by atoms with van der Waals surface area (Å²) in [5.74, 6) is 1.83. The molecule has 2 nitrogen and oxygen atoms in total. The Bertz CT molecular complexity index is 143. The minimum Gasteiger partial charge on any atom is -0.384 e. The highest BCUT2D eigenvalue weighted by Crippen LogP contribution is 2.37. The number of rotatable bonds is 3. The van der Waals surface area contributed by atoms with Gasteiger partial charge in [-0.2, -0.15) is 0 Å². The average molecular weight is 169 g/mol. The molecule has 2 rings (SSSR count). The maximum absolute atomic E-state index is 5.20. The van der Waals surface area contributed by atoms with Gasteiger partial charge in [0.2, 0.25) is 0 Å². The van der Waals surface area contributed by atoms with Gasteiger partial charge in [-0.1, -0.05) is 0 Å². The first-order valence-corrected chi connectivity index (χ1v) is 5.12. The Morgan fingerprint density at radius 2 is 2.17 bits per heavy atom. The summed E-state index contributed by atoms with van der Waals surface area (Å²) < 4.78 is 5.20. The van der Waals surface area contributed by atoms with E-state index in [9.17, 15) is 0 Å². The van der Waals surface area contributed by atoms with Gasteiger partial charge in [0.25, 0.3) is 0 Å². The first-order valence-electron chi connectivity index (χ1n) is 5.12. The third-order valence-corrected chi connectivity index (χ3v) is 3.14. The average Bonchev–Trinajstić information content (AvgIpc) is 2.88. The van der Waals surface area contributed by atoms with Crippen LogP contribution in [-0.2, 0) is 4.74 Å². The van der Waals surface area contributed by atoms with Crippen LogP contribution in [0.2, 0.25) is 0 Å². The van der Waals surface area contributed by atoms with Crippen LogP contribution in [0.15, 0.2) is 0 Å². The minimum atomic E-state index is 0.818. The zero-order valence-corrected chi connectivity index (χ0v) is 7.88. The van der Waals surface area contributed by atoms with Crippen LogP contribution in [0, 0.1) is 11.8 Å². The van der Waals surface area contributed by atoms with Gasteiger partial charge in [0.1, 0.15) is 0 Å². The summed E-state index contributed by atoms with van der Waals surface area (Å²) in [6, 6.07) is 0.818. The van der Waals surface area contributed by atoms with E-state index in [1.165, 1.54) is 32.2 Å². The molecular weight excluding hydrogens is 150 g/mol. The number of nitrogens with one attached hydrogen (secondary N) is 1. The lowest BCUT2D eigenvalue weighted by Gasteiger charge is -2.29. The van der Waals surface area contributed by atoms with Crippen LogP contribution in [0.1, 0.15) is 25.7 Å². The van der Waals surface area contributed by atoms with Crippen molar-refractivity contribution in [2.45, 2.75) is 31.7 Å². The molecule has 70 valence electrons. The van der Waals surface area contributed by atoms with Crippen molar-refractivity contribution < 1.29 is 4.74 Å². The lowest BCUT2D eigenvalue weighted by Crippen LogP contribution is -2.40. The predicted octanol–water partition coefficient (Wildman–Crippen LogP) is 1.41. The molecule has 2 atom stereocenters. The molecule has 1 saturated carbocycles. The summed E-state index contributed by atoms with van der Waals surface area (Å²) in [6.45, 7) is 2.17. The number of hydrogen-bond acceptors (Lipinski definition) is 2. The predicted molar refractivity (Wildman–Crippen MR) is 49.1 cm³/mol. The molecule has 1 N–H and O–H groups in total. The van der Waals surface area contributed by atoms with E-state index < -0.39 is 0 Å². The van der Waals surface area contributed by atoms with Gasteiger partial charge >= 0.3 is 0 Å². The van der Waals surface area contributed by atoms with Crippen LogP contribution in [0.4, 0.5) is 0 Å². The number of piperidine rings is 1. The zero-order chi connectivity index (χ0) is 8.39. The lowest BCUT2D eigenvalue weighted by atomic mass is 9.91. The molecule has 1 aliphatic carbocycles. The first kappa shape index (κ1) is 8.52. The normalized spacial score (nSPS) is 36.8. The van der Waals surface area contributed by atoms with Crippen LogP contribution < -0.4 is 5.32 Å². The lowest BCUT2D eigenvalue weighted by molar-refractivity contribution is 0.120. The molecule has 0 aromatic rings. The standard InChI is InChI=1S/C10H19NO/c1-12-7-8-4-5-11-10(6-8)9-2-3-9/h8-11H,2-7H2,1H3. The number of ether oxygens (including phenoxy) is 1. The largest absolute Gasteiger partial charge is 0.384 e. The van der Waals surface area contributed by atoms with Crippen molar-refractivity contribution in [3.8, 4) is 0 Å². The van der Waals surface area contributed by atoms with E-state index in [1.54, 1.807) is 0 Å². The maximum atomic E-state index is 5.20. The van der Waals surface area contributed by atoms with Gasteiger partial charge in [0, 0.05) is 19.8 Å². The van der Waals surface area contributed by atoms with Crippen molar-refractivity contribution in [3.63, 3.8) is 0 Å². The van der Waals surface area contributed by atoms with Crippen molar-refractivity contribution in [1.82, 2.24) is 5.32 Å². The number of methoxy groups -OCH3 is 1. The second-order valence-electron chi connectivity index (χ2n) is 4.24. The molecule has 0 spiro atoms. The molecule has 2 fully saturated rings. The molecule has 2 heteroatoms. The topological polar surface area (TPSA) is 21.3 Å². The molecule has 1 aliphatic heterocycles. The highest BCUT2D eigenvalue weighted by Gasteiger charge is 2.34. The molecule has 0 amide bonds. The summed E-state index contributed by atoms with van der Waals surface area (Å²) in [6.07, 6.45) is 5.56. The number of hydrogen-bond donors (Lipinski definition) is 1. The molecular formula is C10H19NO. The van der Waals surface area contributed by atoms with Gasteiger partial charge in [0.15, 0.2) is 0 Å². The van der Waals surface area contributed by atoms with Crippen molar-refractivity contribution >= 4 is 0 Å². The minimum absolute atomic E-state index is 0.818. The highest BCUT2D eigenvalue weighted by atomic mass is 16.5. The fourth-order valence-corrected chi connectivity index (χ4v) is 2.28. The van der Waals surface area contributed by atoms with Crippen molar-refractivity contribution in [2.75, 3.05) is 20.3 Å². The fourth-order valence-electron chi connectivity index (χ4n) is 2.28. The van der Waals surface area contributed by atoms with E-state index >= 15 is 0 Å². The summed E-state index contributed by atoms with van der Waals surface area (Å²) in [4.78, 5) is 0. The second kappa shape index (κ2) is 3.75. The monoisotopic (exact) mass is 169 g/mol. The van der Waals surface area contributed by atoms with Gasteiger partial charge < -0.3 is 10.1 Å². The molecule has 12 heavy (non-hydrogen) atoms. The summed E-state index contributed by atoms with van der Waals surface area (Å²) in [7, 11) is 1.81. The quantitative estimate of drug-likeness (QED) is 0.689. The molecule has 0 radical (unpaired) electrons. The molecule has 2 aliphatic rings. The van der Waals surface area contributed by atoms with Gasteiger partial charge in [-0.05, 0) is 44.1 Å².